The summed E-state index contributed by atoms with van der Waals surface area (Å²) in [6.07, 6.45) is 2.60. The minimum absolute atomic E-state index is 0.158. The molecule has 2 rings (SSSR count). The van der Waals surface area contributed by atoms with Gasteiger partial charge in [-0.2, -0.15) is 0 Å². The first kappa shape index (κ1) is 14.2. The van der Waals surface area contributed by atoms with Crippen LogP contribution < -0.4 is 5.73 Å². The maximum atomic E-state index is 13.8. The summed E-state index contributed by atoms with van der Waals surface area (Å²) < 4.78 is 14.6. The molecule has 3 N–H and O–H groups in total. The number of aromatic nitrogens is 2. The molecule has 3 nitrogen and oxygen atoms in total. The van der Waals surface area contributed by atoms with E-state index in [4.69, 9.17) is 5.73 Å². The molecule has 0 aliphatic carbocycles. The highest BCUT2D eigenvalue weighted by Gasteiger charge is 2.17. The Bertz CT molecular complexity index is 568. The third kappa shape index (κ3) is 3.04. The van der Waals surface area contributed by atoms with E-state index in [1.54, 1.807) is 18.3 Å². The van der Waals surface area contributed by atoms with Crippen molar-refractivity contribution in [3.8, 4) is 11.3 Å². The van der Waals surface area contributed by atoms with E-state index in [2.05, 4.69) is 39.7 Å². The fraction of sp³-hybridized carbons (Fsp3) is 0.357. The van der Waals surface area contributed by atoms with Crippen molar-refractivity contribution >= 4 is 15.9 Å². The number of rotatable bonds is 4. The summed E-state index contributed by atoms with van der Waals surface area (Å²) in [4.78, 5) is 7.39. The van der Waals surface area contributed by atoms with Gasteiger partial charge in [0.2, 0.25) is 0 Å². The zero-order chi connectivity index (χ0) is 14.0. The minimum atomic E-state index is -0.282. The predicted octanol–water partition coefficient (Wildman–Crippen LogP) is 4.02. The van der Waals surface area contributed by atoms with Gasteiger partial charge < -0.3 is 10.7 Å². The van der Waals surface area contributed by atoms with E-state index in [0.717, 1.165) is 10.9 Å². The molecular formula is C14H17BrFN3. The fourth-order valence-corrected chi connectivity index (χ4v) is 2.23. The van der Waals surface area contributed by atoms with Crippen LogP contribution in [0, 0.1) is 11.7 Å². The molecule has 0 saturated carbocycles. The van der Waals surface area contributed by atoms with E-state index < -0.39 is 0 Å². The number of halogens is 2. The van der Waals surface area contributed by atoms with Gasteiger partial charge in [-0.25, -0.2) is 9.37 Å². The van der Waals surface area contributed by atoms with Crippen LogP contribution in [0.15, 0.2) is 28.9 Å². The Labute approximate surface area is 120 Å². The number of nitrogens with zero attached hydrogens (tertiary/aromatic N) is 1. The lowest BCUT2D eigenvalue weighted by Crippen LogP contribution is -2.19. The van der Waals surface area contributed by atoms with Crippen LogP contribution in [0.5, 0.6) is 0 Å². The zero-order valence-corrected chi connectivity index (χ0v) is 12.5. The quantitative estimate of drug-likeness (QED) is 0.891. The summed E-state index contributed by atoms with van der Waals surface area (Å²) in [7, 11) is 0. The average molecular weight is 326 g/mol. The molecule has 0 aliphatic rings. The Kier molecular flexibility index (Phi) is 4.37. The number of benzene rings is 1. The van der Waals surface area contributed by atoms with E-state index in [-0.39, 0.29) is 11.9 Å². The lowest BCUT2D eigenvalue weighted by Gasteiger charge is -2.15. The topological polar surface area (TPSA) is 54.7 Å². The summed E-state index contributed by atoms with van der Waals surface area (Å²) in [5.41, 5.74) is 7.25. The van der Waals surface area contributed by atoms with Crippen molar-refractivity contribution in [1.29, 1.82) is 0 Å². The number of imidazole rings is 1. The van der Waals surface area contributed by atoms with Crippen LogP contribution in [0.2, 0.25) is 0 Å². The Morgan fingerprint density at radius 1 is 1.47 bits per heavy atom. The van der Waals surface area contributed by atoms with Crippen molar-refractivity contribution in [2.45, 2.75) is 26.3 Å². The summed E-state index contributed by atoms with van der Waals surface area (Å²) in [6.45, 7) is 4.16. The highest BCUT2D eigenvalue weighted by Crippen LogP contribution is 2.27. The Morgan fingerprint density at radius 3 is 2.89 bits per heavy atom. The first-order valence-corrected chi connectivity index (χ1v) is 7.08. The average Bonchev–Trinajstić information content (AvgIpc) is 2.89. The molecule has 1 aromatic heterocycles. The third-order valence-electron chi connectivity index (χ3n) is 3.39. The molecule has 2 aromatic rings. The smallest absolute Gasteiger partial charge is 0.132 e. The van der Waals surface area contributed by atoms with Gasteiger partial charge in [-0.05, 0) is 24.1 Å². The molecule has 2 atom stereocenters. The summed E-state index contributed by atoms with van der Waals surface area (Å²) in [5.74, 6) is 0.741. The minimum Gasteiger partial charge on any atom is -0.341 e. The monoisotopic (exact) mass is 325 g/mol. The highest BCUT2D eigenvalue weighted by molar-refractivity contribution is 9.10. The molecule has 102 valence electrons. The lowest BCUT2D eigenvalue weighted by atomic mass is 10.00. The van der Waals surface area contributed by atoms with Crippen molar-refractivity contribution < 1.29 is 4.39 Å². The standard InChI is InChI=1S/C14H17BrFN3/c1-3-8(2)13(17)14-18-7-12(19-14)10-6-9(15)4-5-11(10)16/h4-8,13H,3,17H2,1-2H3,(H,18,19). The number of nitrogens with two attached hydrogens (primary N) is 1. The van der Waals surface area contributed by atoms with Gasteiger partial charge in [0.1, 0.15) is 11.6 Å². The van der Waals surface area contributed by atoms with E-state index in [9.17, 15) is 4.39 Å². The molecule has 0 bridgehead atoms. The Hall–Kier alpha value is -1.20. The van der Waals surface area contributed by atoms with Crippen LogP contribution in [-0.2, 0) is 0 Å². The first-order chi connectivity index (χ1) is 9.02. The van der Waals surface area contributed by atoms with Crippen LogP contribution >= 0.6 is 15.9 Å². The molecule has 0 aliphatic heterocycles. The van der Waals surface area contributed by atoms with Crippen LogP contribution in [0.3, 0.4) is 0 Å². The number of H-pyrrole nitrogens is 1. The van der Waals surface area contributed by atoms with Crippen molar-refractivity contribution in [2.75, 3.05) is 0 Å². The Balaban J connectivity index is 2.33. The van der Waals surface area contributed by atoms with Gasteiger partial charge in [0.05, 0.1) is 17.9 Å². The molecule has 0 saturated heterocycles. The number of hydrogen-bond acceptors (Lipinski definition) is 2. The van der Waals surface area contributed by atoms with Crippen molar-refractivity contribution in [3.63, 3.8) is 0 Å². The number of nitrogens with one attached hydrogen (secondary N) is 1. The van der Waals surface area contributed by atoms with Gasteiger partial charge in [-0.3, -0.25) is 0 Å². The normalized spacial score (nSPS) is 14.4. The second-order valence-electron chi connectivity index (χ2n) is 4.72. The zero-order valence-electron chi connectivity index (χ0n) is 11.0. The van der Waals surface area contributed by atoms with Gasteiger partial charge in [-0.15, -0.1) is 0 Å². The van der Waals surface area contributed by atoms with Crippen molar-refractivity contribution in [2.24, 2.45) is 11.7 Å². The largest absolute Gasteiger partial charge is 0.341 e. The second kappa shape index (κ2) is 5.84. The maximum Gasteiger partial charge on any atom is 0.132 e. The van der Waals surface area contributed by atoms with E-state index >= 15 is 0 Å². The molecule has 0 amide bonds. The molecule has 19 heavy (non-hydrogen) atoms. The predicted molar refractivity (Wildman–Crippen MR) is 78.1 cm³/mol. The van der Waals surface area contributed by atoms with Crippen molar-refractivity contribution in [1.82, 2.24) is 9.97 Å². The SMILES string of the molecule is CCC(C)C(N)c1ncc(-c2cc(Br)ccc2F)[nH]1. The van der Waals surface area contributed by atoms with Crippen LogP contribution in [-0.4, -0.2) is 9.97 Å². The van der Waals surface area contributed by atoms with E-state index in [1.165, 1.54) is 6.07 Å². The fourth-order valence-electron chi connectivity index (χ4n) is 1.87. The van der Waals surface area contributed by atoms with Gasteiger partial charge in [0, 0.05) is 10.0 Å². The summed E-state index contributed by atoms with van der Waals surface area (Å²) in [5, 5.41) is 0. The molecule has 5 heteroatoms. The van der Waals surface area contributed by atoms with E-state index in [0.29, 0.717) is 23.0 Å². The third-order valence-corrected chi connectivity index (χ3v) is 3.88. The van der Waals surface area contributed by atoms with E-state index in [1.807, 2.05) is 0 Å². The van der Waals surface area contributed by atoms with Crippen LogP contribution in [0.25, 0.3) is 11.3 Å². The number of aromatic amines is 1. The van der Waals surface area contributed by atoms with Crippen LogP contribution in [0.4, 0.5) is 4.39 Å². The molecule has 0 radical (unpaired) electrons. The maximum absolute atomic E-state index is 13.8. The molecule has 1 heterocycles. The van der Waals surface area contributed by atoms with Gasteiger partial charge in [0.25, 0.3) is 0 Å². The highest BCUT2D eigenvalue weighted by atomic mass is 79.9. The molecule has 0 fully saturated rings. The van der Waals surface area contributed by atoms with Crippen LogP contribution in [0.1, 0.15) is 32.1 Å². The molecular weight excluding hydrogens is 309 g/mol. The van der Waals surface area contributed by atoms with Crippen molar-refractivity contribution in [3.05, 3.63) is 40.5 Å². The van der Waals surface area contributed by atoms with Gasteiger partial charge in [-0.1, -0.05) is 36.2 Å². The second-order valence-corrected chi connectivity index (χ2v) is 5.63. The first-order valence-electron chi connectivity index (χ1n) is 6.28. The lowest BCUT2D eigenvalue weighted by molar-refractivity contribution is 0.441. The molecule has 2 unspecified atom stereocenters. The molecule has 0 spiro atoms. The Morgan fingerprint density at radius 2 is 2.21 bits per heavy atom. The molecule has 1 aromatic carbocycles. The van der Waals surface area contributed by atoms with Gasteiger partial charge in [0.15, 0.2) is 0 Å². The summed E-state index contributed by atoms with van der Waals surface area (Å²) >= 11 is 3.34. The summed E-state index contributed by atoms with van der Waals surface area (Å²) in [6, 6.07) is 4.66. The van der Waals surface area contributed by atoms with Gasteiger partial charge >= 0.3 is 0 Å². The number of hydrogen-bond donors (Lipinski definition) is 2.